The highest BCUT2D eigenvalue weighted by Crippen LogP contribution is 2.22. The number of benzene rings is 2. The maximum Gasteiger partial charge on any atom is 0.246 e. The Bertz CT molecular complexity index is 602. The molecule has 94 valence electrons. The third kappa shape index (κ3) is 3.34. The second-order valence-corrected chi connectivity index (χ2v) is 4.39. The molecule has 0 saturated heterocycles. The van der Waals surface area contributed by atoms with Gasteiger partial charge in [-0.15, -0.1) is 11.6 Å². The SMILES string of the molecule is N#Cc1ccc(NC(=O)C(Cl)c2ccccc2)cc1. The zero-order valence-corrected chi connectivity index (χ0v) is 10.8. The van der Waals surface area contributed by atoms with Gasteiger partial charge >= 0.3 is 0 Å². The van der Waals surface area contributed by atoms with Gasteiger partial charge in [0.25, 0.3) is 0 Å². The number of carbonyl (C=O) groups excluding carboxylic acids is 1. The summed E-state index contributed by atoms with van der Waals surface area (Å²) in [6.45, 7) is 0. The van der Waals surface area contributed by atoms with E-state index >= 15 is 0 Å². The van der Waals surface area contributed by atoms with Crippen molar-refractivity contribution in [3.05, 3.63) is 65.7 Å². The van der Waals surface area contributed by atoms with Crippen LogP contribution in [0.15, 0.2) is 54.6 Å². The molecule has 0 saturated carbocycles. The minimum Gasteiger partial charge on any atom is -0.325 e. The smallest absolute Gasteiger partial charge is 0.246 e. The van der Waals surface area contributed by atoms with Gasteiger partial charge in [0, 0.05) is 5.69 Å². The van der Waals surface area contributed by atoms with E-state index in [0.717, 1.165) is 5.56 Å². The molecule has 1 atom stereocenters. The standard InChI is InChI=1S/C15H11ClN2O/c16-14(12-4-2-1-3-5-12)15(19)18-13-8-6-11(10-17)7-9-13/h1-9,14H,(H,18,19). The Balaban J connectivity index is 2.06. The second-order valence-electron chi connectivity index (χ2n) is 3.95. The van der Waals surface area contributed by atoms with Crippen LogP contribution in [-0.4, -0.2) is 5.91 Å². The van der Waals surface area contributed by atoms with Crippen molar-refractivity contribution >= 4 is 23.2 Å². The summed E-state index contributed by atoms with van der Waals surface area (Å²) in [6, 6.07) is 17.8. The van der Waals surface area contributed by atoms with Crippen LogP contribution in [-0.2, 0) is 4.79 Å². The molecule has 0 aliphatic heterocycles. The summed E-state index contributed by atoms with van der Waals surface area (Å²) in [5.41, 5.74) is 1.91. The molecule has 0 bridgehead atoms. The minimum atomic E-state index is -0.739. The fourth-order valence-corrected chi connectivity index (χ4v) is 1.81. The number of anilines is 1. The first kappa shape index (κ1) is 13.1. The first-order valence-electron chi connectivity index (χ1n) is 5.71. The Morgan fingerprint density at radius 3 is 2.32 bits per heavy atom. The average Bonchev–Trinajstić information content (AvgIpc) is 2.48. The van der Waals surface area contributed by atoms with E-state index in [1.54, 1.807) is 36.4 Å². The lowest BCUT2D eigenvalue weighted by molar-refractivity contribution is -0.116. The van der Waals surface area contributed by atoms with Crippen LogP contribution in [0.2, 0.25) is 0 Å². The molecular formula is C15H11ClN2O. The van der Waals surface area contributed by atoms with Gasteiger partial charge in [0.15, 0.2) is 0 Å². The quantitative estimate of drug-likeness (QED) is 0.868. The number of hydrogen-bond donors (Lipinski definition) is 1. The molecule has 1 unspecified atom stereocenters. The normalized spacial score (nSPS) is 11.4. The molecule has 2 aromatic carbocycles. The third-order valence-electron chi connectivity index (χ3n) is 2.60. The van der Waals surface area contributed by atoms with Crippen molar-refractivity contribution in [2.24, 2.45) is 0 Å². The zero-order valence-electron chi connectivity index (χ0n) is 10.0. The molecule has 3 nitrogen and oxygen atoms in total. The van der Waals surface area contributed by atoms with Crippen molar-refractivity contribution in [3.8, 4) is 6.07 Å². The van der Waals surface area contributed by atoms with Crippen LogP contribution < -0.4 is 5.32 Å². The summed E-state index contributed by atoms with van der Waals surface area (Å²) in [6.07, 6.45) is 0. The Hall–Kier alpha value is -2.31. The molecule has 2 aromatic rings. The van der Waals surface area contributed by atoms with Crippen LogP contribution in [0.3, 0.4) is 0 Å². The van der Waals surface area contributed by atoms with Gasteiger partial charge in [-0.05, 0) is 29.8 Å². The topological polar surface area (TPSA) is 52.9 Å². The predicted molar refractivity (Wildman–Crippen MR) is 74.8 cm³/mol. The lowest BCUT2D eigenvalue weighted by atomic mass is 10.1. The predicted octanol–water partition coefficient (Wildman–Crippen LogP) is 3.48. The molecule has 2 rings (SSSR count). The number of carbonyl (C=O) groups is 1. The van der Waals surface area contributed by atoms with Crippen LogP contribution in [0.25, 0.3) is 0 Å². The van der Waals surface area contributed by atoms with Gasteiger partial charge in [0.05, 0.1) is 11.6 Å². The van der Waals surface area contributed by atoms with Crippen molar-refractivity contribution in [1.29, 1.82) is 5.26 Å². The average molecular weight is 271 g/mol. The van der Waals surface area contributed by atoms with E-state index < -0.39 is 5.38 Å². The largest absolute Gasteiger partial charge is 0.325 e. The number of rotatable bonds is 3. The van der Waals surface area contributed by atoms with E-state index in [1.165, 1.54) is 0 Å². The lowest BCUT2D eigenvalue weighted by Gasteiger charge is -2.10. The highest BCUT2D eigenvalue weighted by Gasteiger charge is 2.17. The molecule has 1 N–H and O–H groups in total. The van der Waals surface area contributed by atoms with E-state index in [0.29, 0.717) is 11.3 Å². The van der Waals surface area contributed by atoms with Crippen molar-refractivity contribution in [3.63, 3.8) is 0 Å². The molecule has 0 spiro atoms. The number of nitrogens with one attached hydrogen (secondary N) is 1. The Labute approximate surface area is 116 Å². The molecule has 19 heavy (non-hydrogen) atoms. The number of alkyl halides is 1. The fraction of sp³-hybridized carbons (Fsp3) is 0.0667. The fourth-order valence-electron chi connectivity index (χ4n) is 1.61. The van der Waals surface area contributed by atoms with Gasteiger partial charge in [0.1, 0.15) is 5.38 Å². The van der Waals surface area contributed by atoms with Crippen molar-refractivity contribution in [2.75, 3.05) is 5.32 Å². The maximum absolute atomic E-state index is 12.0. The summed E-state index contributed by atoms with van der Waals surface area (Å²) in [7, 11) is 0. The number of hydrogen-bond acceptors (Lipinski definition) is 2. The number of nitrogens with zero attached hydrogens (tertiary/aromatic N) is 1. The van der Waals surface area contributed by atoms with Gasteiger partial charge in [-0.25, -0.2) is 0 Å². The minimum absolute atomic E-state index is 0.294. The van der Waals surface area contributed by atoms with Crippen LogP contribution in [0.5, 0.6) is 0 Å². The summed E-state index contributed by atoms with van der Waals surface area (Å²) in [4.78, 5) is 12.0. The second kappa shape index (κ2) is 6.03. The van der Waals surface area contributed by atoms with E-state index in [4.69, 9.17) is 16.9 Å². The molecular weight excluding hydrogens is 260 g/mol. The van der Waals surface area contributed by atoms with Gasteiger partial charge in [-0.2, -0.15) is 5.26 Å². The van der Waals surface area contributed by atoms with Crippen molar-refractivity contribution in [2.45, 2.75) is 5.38 Å². The Kier molecular flexibility index (Phi) is 4.17. The maximum atomic E-state index is 12.0. The van der Waals surface area contributed by atoms with Gasteiger partial charge in [-0.1, -0.05) is 30.3 Å². The van der Waals surface area contributed by atoms with Gasteiger partial charge in [0.2, 0.25) is 5.91 Å². The van der Waals surface area contributed by atoms with E-state index in [9.17, 15) is 4.79 Å². The summed E-state index contributed by atoms with van der Waals surface area (Å²) in [5.74, 6) is -0.294. The Morgan fingerprint density at radius 1 is 1.11 bits per heavy atom. The summed E-state index contributed by atoms with van der Waals surface area (Å²) < 4.78 is 0. The van der Waals surface area contributed by atoms with Crippen LogP contribution in [0.1, 0.15) is 16.5 Å². The first-order chi connectivity index (χ1) is 9.20. The monoisotopic (exact) mass is 270 g/mol. The molecule has 0 radical (unpaired) electrons. The number of amides is 1. The first-order valence-corrected chi connectivity index (χ1v) is 6.14. The highest BCUT2D eigenvalue weighted by molar-refractivity contribution is 6.32. The number of nitriles is 1. The van der Waals surface area contributed by atoms with Crippen LogP contribution >= 0.6 is 11.6 Å². The van der Waals surface area contributed by atoms with Crippen LogP contribution in [0.4, 0.5) is 5.69 Å². The zero-order chi connectivity index (χ0) is 13.7. The van der Waals surface area contributed by atoms with Gasteiger partial charge in [-0.3, -0.25) is 4.79 Å². The van der Waals surface area contributed by atoms with E-state index in [2.05, 4.69) is 5.32 Å². The third-order valence-corrected chi connectivity index (χ3v) is 3.05. The summed E-state index contributed by atoms with van der Waals surface area (Å²) >= 11 is 6.10. The van der Waals surface area contributed by atoms with Crippen molar-refractivity contribution in [1.82, 2.24) is 0 Å². The molecule has 1 amide bonds. The van der Waals surface area contributed by atoms with Crippen molar-refractivity contribution < 1.29 is 4.79 Å². The lowest BCUT2D eigenvalue weighted by Crippen LogP contribution is -2.17. The molecule has 0 fully saturated rings. The molecule has 0 heterocycles. The molecule has 4 heteroatoms. The molecule has 0 aliphatic rings. The van der Waals surface area contributed by atoms with Crippen LogP contribution in [0, 0.1) is 11.3 Å². The number of halogens is 1. The van der Waals surface area contributed by atoms with E-state index in [-0.39, 0.29) is 5.91 Å². The van der Waals surface area contributed by atoms with E-state index in [1.807, 2.05) is 24.3 Å². The Morgan fingerprint density at radius 2 is 1.74 bits per heavy atom. The molecule has 0 aromatic heterocycles. The summed E-state index contributed by atoms with van der Waals surface area (Å²) in [5, 5.41) is 10.7. The highest BCUT2D eigenvalue weighted by atomic mass is 35.5. The molecule has 0 aliphatic carbocycles. The van der Waals surface area contributed by atoms with Gasteiger partial charge < -0.3 is 5.32 Å².